The lowest BCUT2D eigenvalue weighted by Crippen LogP contribution is -2.04. The third kappa shape index (κ3) is 6.62. The SMILES string of the molecule is CCOc1cc(CC(C)C)ccc1COc1ccc(C(=O)c2cn(CCCC(=O)O)c3ccccc23)cc1. The molecule has 1 aromatic heterocycles. The number of fused-ring (bicyclic) bond motifs is 1. The predicted molar refractivity (Wildman–Crippen MR) is 149 cm³/mol. The summed E-state index contributed by atoms with van der Waals surface area (Å²) in [7, 11) is 0. The van der Waals surface area contributed by atoms with E-state index in [1.165, 1.54) is 5.56 Å². The Hall–Kier alpha value is -4.06. The van der Waals surface area contributed by atoms with Gasteiger partial charge in [0.15, 0.2) is 5.78 Å². The third-order valence-electron chi connectivity index (χ3n) is 6.41. The topological polar surface area (TPSA) is 77.8 Å². The molecule has 0 fully saturated rings. The zero-order chi connectivity index (χ0) is 27.1. The van der Waals surface area contributed by atoms with E-state index in [-0.39, 0.29) is 12.2 Å². The van der Waals surface area contributed by atoms with Crippen molar-refractivity contribution in [2.24, 2.45) is 5.92 Å². The van der Waals surface area contributed by atoms with Crippen molar-refractivity contribution in [1.29, 1.82) is 0 Å². The average molecular weight is 514 g/mol. The molecule has 198 valence electrons. The van der Waals surface area contributed by atoms with Crippen LogP contribution >= 0.6 is 0 Å². The van der Waals surface area contributed by atoms with E-state index in [0.717, 1.165) is 28.6 Å². The first-order valence-corrected chi connectivity index (χ1v) is 13.2. The van der Waals surface area contributed by atoms with E-state index in [1.54, 1.807) is 12.1 Å². The maximum absolute atomic E-state index is 13.4. The number of carboxylic acid groups (broad SMARTS) is 1. The molecule has 1 N–H and O–H groups in total. The van der Waals surface area contributed by atoms with Crippen molar-refractivity contribution in [2.75, 3.05) is 6.61 Å². The Balaban J connectivity index is 1.47. The van der Waals surface area contributed by atoms with Gasteiger partial charge in [-0.05, 0) is 67.6 Å². The Morgan fingerprint density at radius 1 is 0.974 bits per heavy atom. The van der Waals surface area contributed by atoms with Crippen LogP contribution < -0.4 is 9.47 Å². The molecule has 0 saturated heterocycles. The van der Waals surface area contributed by atoms with E-state index < -0.39 is 5.97 Å². The van der Waals surface area contributed by atoms with Crippen molar-refractivity contribution in [1.82, 2.24) is 4.57 Å². The molecule has 0 spiro atoms. The number of hydrogen-bond donors (Lipinski definition) is 1. The highest BCUT2D eigenvalue weighted by Gasteiger charge is 2.17. The molecule has 0 amide bonds. The summed E-state index contributed by atoms with van der Waals surface area (Å²) in [6.45, 7) is 7.87. The molecule has 38 heavy (non-hydrogen) atoms. The van der Waals surface area contributed by atoms with Gasteiger partial charge in [0.2, 0.25) is 0 Å². The van der Waals surface area contributed by atoms with Gasteiger partial charge in [-0.3, -0.25) is 9.59 Å². The Morgan fingerprint density at radius 3 is 2.45 bits per heavy atom. The first-order chi connectivity index (χ1) is 18.4. The Bertz CT molecular complexity index is 1400. The van der Waals surface area contributed by atoms with Crippen LogP contribution in [0.25, 0.3) is 10.9 Å². The Morgan fingerprint density at radius 2 is 1.74 bits per heavy atom. The molecule has 0 bridgehead atoms. The molecule has 0 radical (unpaired) electrons. The molecule has 0 atom stereocenters. The minimum Gasteiger partial charge on any atom is -0.493 e. The molecule has 0 unspecified atom stereocenters. The molecule has 0 aliphatic heterocycles. The summed E-state index contributed by atoms with van der Waals surface area (Å²) in [5, 5.41) is 9.83. The van der Waals surface area contributed by atoms with Crippen LogP contribution in [-0.4, -0.2) is 28.0 Å². The summed E-state index contributed by atoms with van der Waals surface area (Å²) in [6.07, 6.45) is 3.42. The van der Waals surface area contributed by atoms with E-state index in [9.17, 15) is 9.59 Å². The quantitative estimate of drug-likeness (QED) is 0.197. The number of carbonyl (C=O) groups excluding carboxylic acids is 1. The molecule has 0 aliphatic rings. The first kappa shape index (κ1) is 27.0. The minimum atomic E-state index is -0.822. The predicted octanol–water partition coefficient (Wildman–Crippen LogP) is 6.91. The Kier molecular flexibility index (Phi) is 8.85. The molecule has 3 aromatic carbocycles. The van der Waals surface area contributed by atoms with E-state index in [4.69, 9.17) is 14.6 Å². The van der Waals surface area contributed by atoms with Gasteiger partial charge in [-0.15, -0.1) is 0 Å². The van der Waals surface area contributed by atoms with Gasteiger partial charge in [-0.2, -0.15) is 0 Å². The van der Waals surface area contributed by atoms with E-state index >= 15 is 0 Å². The number of ketones is 1. The van der Waals surface area contributed by atoms with Crippen LogP contribution in [0, 0.1) is 5.92 Å². The lowest BCUT2D eigenvalue weighted by molar-refractivity contribution is -0.137. The fraction of sp³-hybridized carbons (Fsp3) is 0.312. The number of carbonyl (C=O) groups is 2. The molecule has 4 aromatic rings. The highest BCUT2D eigenvalue weighted by atomic mass is 16.5. The number of aliphatic carboxylic acids is 1. The van der Waals surface area contributed by atoms with Gasteiger partial charge in [-0.1, -0.05) is 44.2 Å². The van der Waals surface area contributed by atoms with Crippen molar-refractivity contribution < 1.29 is 24.2 Å². The number of benzene rings is 3. The smallest absolute Gasteiger partial charge is 0.303 e. The minimum absolute atomic E-state index is 0.0795. The van der Waals surface area contributed by atoms with Crippen LogP contribution in [0.5, 0.6) is 11.5 Å². The summed E-state index contributed by atoms with van der Waals surface area (Å²) in [5.74, 6) is 1.19. The van der Waals surface area contributed by atoms with Crippen molar-refractivity contribution in [3.63, 3.8) is 0 Å². The molecule has 0 saturated carbocycles. The lowest BCUT2D eigenvalue weighted by Gasteiger charge is -2.14. The molecule has 4 rings (SSSR count). The second-order valence-electron chi connectivity index (χ2n) is 9.87. The van der Waals surface area contributed by atoms with Crippen LogP contribution in [0.2, 0.25) is 0 Å². The van der Waals surface area contributed by atoms with Gasteiger partial charge in [0.1, 0.15) is 18.1 Å². The maximum Gasteiger partial charge on any atom is 0.303 e. The molecular weight excluding hydrogens is 478 g/mol. The normalized spacial score (nSPS) is 11.2. The van der Waals surface area contributed by atoms with Gasteiger partial charge in [0.25, 0.3) is 0 Å². The summed E-state index contributed by atoms with van der Waals surface area (Å²) in [4.78, 5) is 24.3. The maximum atomic E-state index is 13.4. The Labute approximate surface area is 223 Å². The number of aryl methyl sites for hydroxylation is 1. The second kappa shape index (κ2) is 12.5. The van der Waals surface area contributed by atoms with E-state index in [1.807, 2.05) is 54.1 Å². The van der Waals surface area contributed by atoms with Crippen molar-refractivity contribution in [3.8, 4) is 11.5 Å². The number of rotatable bonds is 13. The fourth-order valence-corrected chi connectivity index (χ4v) is 4.64. The zero-order valence-corrected chi connectivity index (χ0v) is 22.3. The molecule has 1 heterocycles. The van der Waals surface area contributed by atoms with Crippen molar-refractivity contribution >= 4 is 22.7 Å². The van der Waals surface area contributed by atoms with E-state index in [0.29, 0.717) is 49.0 Å². The van der Waals surface area contributed by atoms with Gasteiger partial charge in [0.05, 0.1) is 6.61 Å². The molecule has 6 nitrogen and oxygen atoms in total. The van der Waals surface area contributed by atoms with Crippen LogP contribution in [0.3, 0.4) is 0 Å². The van der Waals surface area contributed by atoms with Crippen molar-refractivity contribution in [3.05, 3.63) is 95.2 Å². The van der Waals surface area contributed by atoms with Gasteiger partial charge >= 0.3 is 5.97 Å². The van der Waals surface area contributed by atoms with Gasteiger partial charge in [0, 0.05) is 46.8 Å². The first-order valence-electron chi connectivity index (χ1n) is 13.2. The highest BCUT2D eigenvalue weighted by molar-refractivity contribution is 6.16. The summed E-state index contributed by atoms with van der Waals surface area (Å²) in [6, 6.07) is 21.2. The number of para-hydroxylation sites is 1. The highest BCUT2D eigenvalue weighted by Crippen LogP contribution is 2.27. The number of aromatic nitrogens is 1. The largest absolute Gasteiger partial charge is 0.493 e. The third-order valence-corrected chi connectivity index (χ3v) is 6.41. The van der Waals surface area contributed by atoms with E-state index in [2.05, 4.69) is 32.0 Å². The van der Waals surface area contributed by atoms with Crippen LogP contribution in [-0.2, 0) is 24.4 Å². The summed E-state index contributed by atoms with van der Waals surface area (Å²) in [5.41, 5.74) is 4.32. The van der Waals surface area contributed by atoms with Crippen LogP contribution in [0.4, 0.5) is 0 Å². The van der Waals surface area contributed by atoms with Crippen LogP contribution in [0.1, 0.15) is 60.7 Å². The fourth-order valence-electron chi connectivity index (χ4n) is 4.64. The van der Waals surface area contributed by atoms with Gasteiger partial charge < -0.3 is 19.1 Å². The number of ether oxygens (including phenoxy) is 2. The van der Waals surface area contributed by atoms with Gasteiger partial charge in [-0.25, -0.2) is 0 Å². The molecule has 6 heteroatoms. The second-order valence-corrected chi connectivity index (χ2v) is 9.87. The lowest BCUT2D eigenvalue weighted by atomic mass is 10.0. The van der Waals surface area contributed by atoms with Crippen molar-refractivity contribution in [2.45, 2.75) is 53.2 Å². The summed E-state index contributed by atoms with van der Waals surface area (Å²) < 4.78 is 13.9. The number of hydrogen-bond acceptors (Lipinski definition) is 4. The average Bonchev–Trinajstić information content (AvgIpc) is 3.26. The standard InChI is InChI=1S/C32H35NO5/c1-4-37-30-19-23(18-22(2)3)11-12-25(30)21-38-26-15-13-24(14-16-26)32(36)28-20-33(17-7-10-31(34)35)29-9-6-5-8-27(28)29/h5-6,8-9,11-16,19-20,22H,4,7,10,17-18,21H2,1-3H3,(H,34,35). The summed E-state index contributed by atoms with van der Waals surface area (Å²) >= 11 is 0. The monoisotopic (exact) mass is 513 g/mol. The number of carboxylic acids is 1. The molecule has 0 aliphatic carbocycles. The van der Waals surface area contributed by atoms with Crippen LogP contribution in [0.15, 0.2) is 72.9 Å². The molecular formula is C32H35NO5. The number of nitrogens with zero attached hydrogens (tertiary/aromatic N) is 1. The zero-order valence-electron chi connectivity index (χ0n) is 22.3.